The summed E-state index contributed by atoms with van der Waals surface area (Å²) in [6.45, 7) is 6.56. The molecule has 0 spiro atoms. The third-order valence-electron chi connectivity index (χ3n) is 5.11. The van der Waals surface area contributed by atoms with Gasteiger partial charge in [0.1, 0.15) is 0 Å². The summed E-state index contributed by atoms with van der Waals surface area (Å²) in [5.74, 6) is -0.729. The second kappa shape index (κ2) is 6.46. The Hall–Kier alpha value is -2.73. The first kappa shape index (κ1) is 17.7. The number of hydrogen-bond donors (Lipinski definition) is 0. The fraction of sp³-hybridized carbons (Fsp3) is 0.300. The van der Waals surface area contributed by atoms with E-state index in [0.29, 0.717) is 17.3 Å². The number of halogens is 1. The van der Waals surface area contributed by atoms with Crippen molar-refractivity contribution in [2.45, 2.75) is 39.4 Å². The van der Waals surface area contributed by atoms with E-state index in [0.717, 1.165) is 21.6 Å². The van der Waals surface area contributed by atoms with Gasteiger partial charge >= 0.3 is 0 Å². The lowest BCUT2D eigenvalue weighted by molar-refractivity contribution is -0.123. The van der Waals surface area contributed by atoms with Gasteiger partial charge in [0.05, 0.1) is 17.3 Å². The van der Waals surface area contributed by atoms with E-state index in [1.807, 2.05) is 13.8 Å². The predicted octanol–water partition coefficient (Wildman–Crippen LogP) is 3.76. The molecule has 0 bridgehead atoms. The first-order valence-corrected chi connectivity index (χ1v) is 9.12. The van der Waals surface area contributed by atoms with Gasteiger partial charge in [0, 0.05) is 0 Å². The molecule has 0 aliphatic carbocycles. The Morgan fingerprint density at radius 2 is 1.70 bits per heavy atom. The fourth-order valence-corrected chi connectivity index (χ4v) is 4.07. The van der Waals surface area contributed by atoms with Crippen molar-refractivity contribution in [3.05, 3.63) is 63.7 Å². The van der Waals surface area contributed by atoms with Crippen LogP contribution in [0.25, 0.3) is 0 Å². The summed E-state index contributed by atoms with van der Waals surface area (Å²) < 4.78 is 0. The number of benzene rings is 2. The molecule has 1 saturated heterocycles. The van der Waals surface area contributed by atoms with Crippen molar-refractivity contribution < 1.29 is 9.59 Å². The van der Waals surface area contributed by atoms with E-state index in [1.165, 1.54) is 5.56 Å². The summed E-state index contributed by atoms with van der Waals surface area (Å²) in [5, 5.41) is 10.2. The van der Waals surface area contributed by atoms with Crippen LogP contribution in [0.2, 0.25) is 5.02 Å². The third kappa shape index (κ3) is 2.80. The van der Waals surface area contributed by atoms with E-state index in [9.17, 15) is 9.59 Å². The molecule has 0 unspecified atom stereocenters. The van der Waals surface area contributed by atoms with E-state index in [-0.39, 0.29) is 11.8 Å². The third-order valence-corrected chi connectivity index (χ3v) is 5.43. The monoisotopic (exact) mass is 382 g/mol. The van der Waals surface area contributed by atoms with Gasteiger partial charge in [-0.25, -0.2) is 4.90 Å². The Morgan fingerprint density at radius 3 is 2.37 bits per heavy atom. The largest absolute Gasteiger partial charge is 0.271 e. The van der Waals surface area contributed by atoms with Gasteiger partial charge < -0.3 is 0 Å². The molecule has 138 valence electrons. The molecule has 2 atom stereocenters. The van der Waals surface area contributed by atoms with Crippen LogP contribution in [0, 0.1) is 20.8 Å². The SMILES string of the molecule is Cc1cc(C)c(CN2N=N[C@@H]3C(=O)N(c4ccccc4Cl)C(=O)[C@@H]32)c(C)c1. The molecular weight excluding hydrogens is 364 g/mol. The van der Waals surface area contributed by atoms with Gasteiger partial charge in [-0.15, -0.1) is 0 Å². The van der Waals surface area contributed by atoms with Gasteiger partial charge in [-0.3, -0.25) is 14.6 Å². The van der Waals surface area contributed by atoms with Crippen LogP contribution in [0.15, 0.2) is 46.7 Å². The average molecular weight is 383 g/mol. The van der Waals surface area contributed by atoms with Crippen LogP contribution in [0.1, 0.15) is 22.3 Å². The second-order valence-corrected chi connectivity index (χ2v) is 7.44. The highest BCUT2D eigenvalue weighted by atomic mass is 35.5. The first-order valence-electron chi connectivity index (χ1n) is 8.75. The van der Waals surface area contributed by atoms with Gasteiger partial charge in [0.25, 0.3) is 11.8 Å². The van der Waals surface area contributed by atoms with Crippen LogP contribution in [0.4, 0.5) is 5.69 Å². The number of rotatable bonds is 3. The van der Waals surface area contributed by atoms with Crippen molar-refractivity contribution in [1.82, 2.24) is 5.01 Å². The predicted molar refractivity (Wildman–Crippen MR) is 103 cm³/mol. The van der Waals surface area contributed by atoms with Gasteiger partial charge in [-0.2, -0.15) is 5.11 Å². The maximum atomic E-state index is 13.1. The molecule has 2 heterocycles. The number of anilines is 1. The van der Waals surface area contributed by atoms with Crippen LogP contribution >= 0.6 is 11.6 Å². The van der Waals surface area contributed by atoms with E-state index < -0.39 is 12.1 Å². The maximum Gasteiger partial charge on any atom is 0.263 e. The van der Waals surface area contributed by atoms with Gasteiger partial charge in [-0.05, 0) is 49.6 Å². The number of carbonyl (C=O) groups excluding carboxylic acids is 2. The lowest BCUT2D eigenvalue weighted by Gasteiger charge is -2.23. The molecule has 2 amide bonds. The Bertz CT molecular complexity index is 965. The zero-order chi connectivity index (χ0) is 19.3. The lowest BCUT2D eigenvalue weighted by Crippen LogP contribution is -2.39. The van der Waals surface area contributed by atoms with Crippen LogP contribution in [0.5, 0.6) is 0 Å². The number of carbonyl (C=O) groups is 2. The number of amides is 2. The first-order chi connectivity index (χ1) is 12.9. The molecule has 0 aromatic heterocycles. The Balaban J connectivity index is 1.65. The quantitative estimate of drug-likeness (QED) is 0.759. The normalized spacial score (nSPS) is 21.3. The van der Waals surface area contributed by atoms with Crippen molar-refractivity contribution >= 4 is 29.1 Å². The minimum absolute atomic E-state index is 0.342. The minimum Gasteiger partial charge on any atom is -0.271 e. The van der Waals surface area contributed by atoms with Crippen LogP contribution in [-0.2, 0) is 16.1 Å². The van der Waals surface area contributed by atoms with Crippen molar-refractivity contribution in [3.63, 3.8) is 0 Å². The van der Waals surface area contributed by atoms with Gasteiger partial charge in [0.2, 0.25) is 0 Å². The molecule has 2 aromatic carbocycles. The van der Waals surface area contributed by atoms with Crippen LogP contribution in [-0.4, -0.2) is 28.9 Å². The molecule has 27 heavy (non-hydrogen) atoms. The van der Waals surface area contributed by atoms with Gasteiger partial charge in [0.15, 0.2) is 12.1 Å². The molecular formula is C20H19ClN4O2. The lowest BCUT2D eigenvalue weighted by atomic mass is 9.99. The van der Waals surface area contributed by atoms with Crippen molar-refractivity contribution in [3.8, 4) is 0 Å². The fourth-order valence-electron chi connectivity index (χ4n) is 3.85. The average Bonchev–Trinajstić information content (AvgIpc) is 3.12. The Morgan fingerprint density at radius 1 is 1.04 bits per heavy atom. The number of para-hydroxylation sites is 1. The Labute approximate surface area is 162 Å². The van der Waals surface area contributed by atoms with Crippen molar-refractivity contribution in [1.29, 1.82) is 0 Å². The standard InChI is InChI=1S/C20H19ClN4O2/c1-11-8-12(2)14(13(3)9-11)10-24-18-17(22-23-24)19(26)25(20(18)27)16-7-5-4-6-15(16)21/h4-9,17-18H,10H2,1-3H3/t17-,18+/m0/s1. The highest BCUT2D eigenvalue weighted by Gasteiger charge is 2.55. The summed E-state index contributed by atoms with van der Waals surface area (Å²) >= 11 is 6.20. The minimum atomic E-state index is -0.820. The second-order valence-electron chi connectivity index (χ2n) is 7.03. The highest BCUT2D eigenvalue weighted by molar-refractivity contribution is 6.36. The number of aryl methyl sites for hydroxylation is 3. The smallest absolute Gasteiger partial charge is 0.263 e. The molecule has 2 aliphatic heterocycles. The van der Waals surface area contributed by atoms with Crippen LogP contribution < -0.4 is 4.90 Å². The number of hydrogen-bond acceptors (Lipinski definition) is 5. The van der Waals surface area contributed by atoms with Crippen molar-refractivity contribution in [2.24, 2.45) is 10.3 Å². The van der Waals surface area contributed by atoms with Gasteiger partial charge in [-0.1, -0.05) is 46.7 Å². The van der Waals surface area contributed by atoms with E-state index >= 15 is 0 Å². The topological polar surface area (TPSA) is 65.3 Å². The number of fused-ring (bicyclic) bond motifs is 1. The van der Waals surface area contributed by atoms with Crippen molar-refractivity contribution in [2.75, 3.05) is 4.90 Å². The molecule has 6 nitrogen and oxygen atoms in total. The number of nitrogens with zero attached hydrogens (tertiary/aromatic N) is 4. The molecule has 4 rings (SSSR count). The van der Waals surface area contributed by atoms with Crippen LogP contribution in [0.3, 0.4) is 0 Å². The summed E-state index contributed by atoms with van der Waals surface area (Å²) in [5.41, 5.74) is 4.93. The molecule has 2 aromatic rings. The zero-order valence-corrected chi connectivity index (χ0v) is 16.1. The highest BCUT2D eigenvalue weighted by Crippen LogP contribution is 2.36. The maximum absolute atomic E-state index is 13.1. The molecule has 2 aliphatic rings. The number of imide groups is 1. The molecule has 1 fully saturated rings. The molecule has 0 saturated carbocycles. The van der Waals surface area contributed by atoms with E-state index in [1.54, 1.807) is 29.3 Å². The van der Waals surface area contributed by atoms with E-state index in [2.05, 4.69) is 29.4 Å². The molecule has 7 heteroatoms. The zero-order valence-electron chi connectivity index (χ0n) is 15.3. The Kier molecular flexibility index (Phi) is 4.23. The molecule has 0 radical (unpaired) electrons. The van der Waals surface area contributed by atoms with E-state index in [4.69, 9.17) is 11.6 Å². The summed E-state index contributed by atoms with van der Waals surface area (Å²) in [6.07, 6.45) is 0. The summed E-state index contributed by atoms with van der Waals surface area (Å²) in [7, 11) is 0. The molecule has 0 N–H and O–H groups in total. The summed E-state index contributed by atoms with van der Waals surface area (Å²) in [4.78, 5) is 27.0. The summed E-state index contributed by atoms with van der Waals surface area (Å²) in [6, 6.07) is 9.48.